The monoisotopic (exact) mass is 225 g/mol. The van der Waals surface area contributed by atoms with E-state index in [1.54, 1.807) is 0 Å². The van der Waals surface area contributed by atoms with Gasteiger partial charge in [-0.05, 0) is 38.8 Å². The van der Waals surface area contributed by atoms with Crippen molar-refractivity contribution in [2.45, 2.75) is 58.8 Å². The molecule has 1 rings (SSSR count). The number of Topliss-reactive ketones (excluding diaryl/α,β-unsaturated/α-hetero) is 1. The Bertz CT molecular complexity index is 195. The van der Waals surface area contributed by atoms with Gasteiger partial charge in [0.2, 0.25) is 0 Å². The lowest BCUT2D eigenvalue weighted by molar-refractivity contribution is -0.121. The molecule has 2 heteroatoms. The number of hydrogen-bond acceptors (Lipinski definition) is 2. The summed E-state index contributed by atoms with van der Waals surface area (Å²) in [4.78, 5) is 14.1. The molecule has 0 spiro atoms. The molecule has 2 nitrogen and oxygen atoms in total. The zero-order valence-electron chi connectivity index (χ0n) is 11.0. The molecule has 16 heavy (non-hydrogen) atoms. The smallest absolute Gasteiger partial charge is 0.137 e. The van der Waals surface area contributed by atoms with E-state index < -0.39 is 0 Å². The van der Waals surface area contributed by atoms with Gasteiger partial charge in [0, 0.05) is 18.9 Å². The average molecular weight is 225 g/mol. The van der Waals surface area contributed by atoms with Gasteiger partial charge in [-0.15, -0.1) is 0 Å². The third-order valence-corrected chi connectivity index (χ3v) is 3.57. The van der Waals surface area contributed by atoms with Gasteiger partial charge in [0.15, 0.2) is 0 Å². The van der Waals surface area contributed by atoms with Crippen LogP contribution in [-0.4, -0.2) is 30.3 Å². The van der Waals surface area contributed by atoms with E-state index in [0.717, 1.165) is 25.8 Å². The van der Waals surface area contributed by atoms with Crippen molar-refractivity contribution in [3.63, 3.8) is 0 Å². The van der Waals surface area contributed by atoms with E-state index in [-0.39, 0.29) is 0 Å². The zero-order chi connectivity index (χ0) is 11.8. The fourth-order valence-corrected chi connectivity index (χ4v) is 2.45. The van der Waals surface area contributed by atoms with Crippen LogP contribution in [-0.2, 0) is 4.79 Å². The number of ketones is 1. The summed E-state index contributed by atoms with van der Waals surface area (Å²) < 4.78 is 0. The number of rotatable bonds is 8. The Morgan fingerprint density at radius 2 is 1.81 bits per heavy atom. The Kier molecular flexibility index (Phi) is 6.70. The van der Waals surface area contributed by atoms with E-state index in [1.807, 2.05) is 0 Å². The molecular formula is C14H27NO. The van der Waals surface area contributed by atoms with Crippen LogP contribution in [0.3, 0.4) is 0 Å². The van der Waals surface area contributed by atoms with Crippen molar-refractivity contribution >= 4 is 5.78 Å². The maximum absolute atomic E-state index is 11.6. The van der Waals surface area contributed by atoms with Crippen LogP contribution in [0.25, 0.3) is 0 Å². The third kappa shape index (κ3) is 4.65. The van der Waals surface area contributed by atoms with Crippen molar-refractivity contribution in [3.8, 4) is 0 Å². The molecule has 94 valence electrons. The van der Waals surface area contributed by atoms with Crippen molar-refractivity contribution in [2.75, 3.05) is 19.6 Å². The number of carbonyl (C=O) groups excluding carboxylic acids is 1. The fourth-order valence-electron chi connectivity index (χ4n) is 2.45. The molecular weight excluding hydrogens is 198 g/mol. The fraction of sp³-hybridized carbons (Fsp3) is 0.929. The molecule has 0 aliphatic heterocycles. The van der Waals surface area contributed by atoms with Crippen molar-refractivity contribution < 1.29 is 4.79 Å². The first-order valence-corrected chi connectivity index (χ1v) is 7.03. The lowest BCUT2D eigenvalue weighted by Crippen LogP contribution is -2.33. The summed E-state index contributed by atoms with van der Waals surface area (Å²) in [5, 5.41) is 0. The Hall–Kier alpha value is -0.370. The predicted molar refractivity (Wildman–Crippen MR) is 68.6 cm³/mol. The molecule has 0 aromatic heterocycles. The van der Waals surface area contributed by atoms with E-state index in [9.17, 15) is 4.79 Å². The van der Waals surface area contributed by atoms with Gasteiger partial charge >= 0.3 is 0 Å². The van der Waals surface area contributed by atoms with Crippen LogP contribution in [0.5, 0.6) is 0 Å². The quantitative estimate of drug-likeness (QED) is 0.632. The second-order valence-corrected chi connectivity index (χ2v) is 5.06. The van der Waals surface area contributed by atoms with Crippen molar-refractivity contribution in [3.05, 3.63) is 0 Å². The van der Waals surface area contributed by atoms with Gasteiger partial charge in [-0.2, -0.15) is 0 Å². The third-order valence-electron chi connectivity index (χ3n) is 3.57. The normalized spacial score (nSPS) is 20.9. The molecule has 1 unspecified atom stereocenters. The molecule has 1 saturated carbocycles. The van der Waals surface area contributed by atoms with E-state index >= 15 is 0 Å². The first-order valence-electron chi connectivity index (χ1n) is 7.03. The maximum atomic E-state index is 11.6. The molecule has 0 aromatic carbocycles. The zero-order valence-corrected chi connectivity index (χ0v) is 11.0. The largest absolute Gasteiger partial charge is 0.303 e. The maximum Gasteiger partial charge on any atom is 0.137 e. The molecule has 0 radical (unpaired) electrons. The molecule has 1 fully saturated rings. The van der Waals surface area contributed by atoms with E-state index in [0.29, 0.717) is 11.7 Å². The van der Waals surface area contributed by atoms with E-state index in [1.165, 1.54) is 38.8 Å². The van der Waals surface area contributed by atoms with Crippen LogP contribution in [0.4, 0.5) is 0 Å². The summed E-state index contributed by atoms with van der Waals surface area (Å²) >= 11 is 0. The standard InChI is InChI=1S/C14H27NO/c1-3-5-10-15(11-6-4-2)12-13-8-7-9-14(13)16/h13H,3-12H2,1-2H3. The summed E-state index contributed by atoms with van der Waals surface area (Å²) in [5.74, 6) is 0.867. The van der Waals surface area contributed by atoms with Crippen LogP contribution >= 0.6 is 0 Å². The van der Waals surface area contributed by atoms with Gasteiger partial charge < -0.3 is 4.90 Å². The lowest BCUT2D eigenvalue weighted by atomic mass is 10.1. The molecule has 1 aliphatic carbocycles. The Labute approximate surface area is 100 Å². The Balaban J connectivity index is 2.32. The van der Waals surface area contributed by atoms with Gasteiger partial charge in [-0.25, -0.2) is 0 Å². The molecule has 0 N–H and O–H groups in total. The number of hydrogen-bond donors (Lipinski definition) is 0. The number of unbranched alkanes of at least 4 members (excludes halogenated alkanes) is 2. The predicted octanol–water partition coefficient (Wildman–Crippen LogP) is 3.26. The van der Waals surface area contributed by atoms with Crippen LogP contribution in [0.1, 0.15) is 58.8 Å². The minimum Gasteiger partial charge on any atom is -0.303 e. The highest BCUT2D eigenvalue weighted by molar-refractivity contribution is 5.83. The van der Waals surface area contributed by atoms with Crippen LogP contribution in [0, 0.1) is 5.92 Å². The molecule has 0 saturated heterocycles. The van der Waals surface area contributed by atoms with E-state index in [4.69, 9.17) is 0 Å². The summed E-state index contributed by atoms with van der Waals surface area (Å²) in [6.07, 6.45) is 8.13. The van der Waals surface area contributed by atoms with Crippen molar-refractivity contribution in [1.29, 1.82) is 0 Å². The topological polar surface area (TPSA) is 20.3 Å². The second kappa shape index (κ2) is 7.83. The number of carbonyl (C=O) groups is 1. The highest BCUT2D eigenvalue weighted by atomic mass is 16.1. The van der Waals surface area contributed by atoms with Crippen LogP contribution in [0.15, 0.2) is 0 Å². The lowest BCUT2D eigenvalue weighted by Gasteiger charge is -2.24. The molecule has 0 amide bonds. The highest BCUT2D eigenvalue weighted by Crippen LogP contribution is 2.22. The molecule has 1 atom stereocenters. The van der Waals surface area contributed by atoms with Crippen LogP contribution in [0.2, 0.25) is 0 Å². The van der Waals surface area contributed by atoms with Gasteiger partial charge in [-0.3, -0.25) is 4.79 Å². The number of nitrogens with zero attached hydrogens (tertiary/aromatic N) is 1. The SMILES string of the molecule is CCCCN(CCCC)CC1CCCC1=O. The Morgan fingerprint density at radius 3 is 2.25 bits per heavy atom. The molecule has 0 aromatic rings. The first kappa shape index (κ1) is 13.7. The van der Waals surface area contributed by atoms with Crippen molar-refractivity contribution in [2.24, 2.45) is 5.92 Å². The first-order chi connectivity index (χ1) is 7.77. The minimum absolute atomic E-state index is 0.355. The highest BCUT2D eigenvalue weighted by Gasteiger charge is 2.25. The van der Waals surface area contributed by atoms with Gasteiger partial charge in [0.05, 0.1) is 0 Å². The minimum atomic E-state index is 0.355. The summed E-state index contributed by atoms with van der Waals surface area (Å²) in [5.41, 5.74) is 0. The summed E-state index contributed by atoms with van der Waals surface area (Å²) in [7, 11) is 0. The molecule has 1 aliphatic rings. The average Bonchev–Trinajstić information content (AvgIpc) is 2.68. The second-order valence-electron chi connectivity index (χ2n) is 5.06. The van der Waals surface area contributed by atoms with Crippen LogP contribution < -0.4 is 0 Å². The van der Waals surface area contributed by atoms with Gasteiger partial charge in [-0.1, -0.05) is 26.7 Å². The summed E-state index contributed by atoms with van der Waals surface area (Å²) in [6.45, 7) is 7.86. The summed E-state index contributed by atoms with van der Waals surface area (Å²) in [6, 6.07) is 0. The van der Waals surface area contributed by atoms with Crippen molar-refractivity contribution in [1.82, 2.24) is 4.90 Å². The van der Waals surface area contributed by atoms with Gasteiger partial charge in [0.1, 0.15) is 5.78 Å². The molecule has 0 heterocycles. The Morgan fingerprint density at radius 1 is 1.19 bits per heavy atom. The van der Waals surface area contributed by atoms with Gasteiger partial charge in [0.25, 0.3) is 0 Å². The van der Waals surface area contributed by atoms with E-state index in [2.05, 4.69) is 18.7 Å². The molecule has 0 bridgehead atoms.